The lowest BCUT2D eigenvalue weighted by molar-refractivity contribution is -0.0287. The number of hydrogen-bond donors (Lipinski definition) is 1. The zero-order chi connectivity index (χ0) is 10.9. The second-order valence-electron chi connectivity index (χ2n) is 3.37. The molecule has 1 rings (SSSR count). The Morgan fingerprint density at radius 3 is 1.93 bits per heavy atom. The number of halogens is 3. The average Bonchev–Trinajstić information content (AvgIpc) is 2.01. The molecule has 5 heteroatoms. The molecule has 0 aliphatic heterocycles. The van der Waals surface area contributed by atoms with E-state index in [9.17, 15) is 13.2 Å². The monoisotopic (exact) mass is 205 g/mol. The first kappa shape index (κ1) is 11.0. The summed E-state index contributed by atoms with van der Waals surface area (Å²) in [5.41, 5.74) is -1.72. The van der Waals surface area contributed by atoms with Crippen molar-refractivity contribution in [1.29, 1.82) is 0 Å². The molecule has 0 unspecified atom stereocenters. The first-order chi connectivity index (χ1) is 6.38. The second kappa shape index (κ2) is 3.59. The highest BCUT2D eigenvalue weighted by Gasteiger charge is 2.29. The van der Waals surface area contributed by atoms with E-state index >= 15 is 0 Å². The quantitative estimate of drug-likeness (QED) is 0.751. The molecule has 1 aromatic carbocycles. The van der Waals surface area contributed by atoms with Crippen LogP contribution in [0.3, 0.4) is 0 Å². The van der Waals surface area contributed by atoms with Gasteiger partial charge in [-0.3, -0.25) is 4.84 Å². The zero-order valence-corrected chi connectivity index (χ0v) is 7.77. The van der Waals surface area contributed by atoms with Gasteiger partial charge in [0.2, 0.25) is 0 Å². The van der Waals surface area contributed by atoms with E-state index in [0.29, 0.717) is 12.1 Å². The van der Waals surface area contributed by atoms with Gasteiger partial charge in [-0.1, -0.05) is 0 Å². The van der Waals surface area contributed by atoms with Crippen molar-refractivity contribution in [3.05, 3.63) is 35.1 Å². The Labute approximate surface area is 79.4 Å². The van der Waals surface area contributed by atoms with Crippen molar-refractivity contribution in [3.8, 4) is 0 Å². The van der Waals surface area contributed by atoms with Crippen LogP contribution in [0, 0.1) is 17.5 Å². The van der Waals surface area contributed by atoms with E-state index in [2.05, 4.69) is 4.84 Å². The molecular weight excluding hydrogens is 195 g/mol. The zero-order valence-electron chi connectivity index (χ0n) is 7.77. The standard InChI is InChI=1S/C9H10F3NO/c1-9(2,14-13)8-6(11)3-5(10)4-7(8)12/h3-4H,13H2,1-2H3. The Kier molecular flexibility index (Phi) is 2.82. The Morgan fingerprint density at radius 1 is 1.14 bits per heavy atom. The van der Waals surface area contributed by atoms with Crippen LogP contribution in [0.2, 0.25) is 0 Å². The van der Waals surface area contributed by atoms with Gasteiger partial charge >= 0.3 is 0 Å². The fourth-order valence-electron chi connectivity index (χ4n) is 1.18. The number of hydrogen-bond acceptors (Lipinski definition) is 2. The van der Waals surface area contributed by atoms with E-state index in [4.69, 9.17) is 5.90 Å². The van der Waals surface area contributed by atoms with Crippen LogP contribution in [0.5, 0.6) is 0 Å². The molecular formula is C9H10F3NO. The van der Waals surface area contributed by atoms with Crippen molar-refractivity contribution in [1.82, 2.24) is 0 Å². The summed E-state index contributed by atoms with van der Waals surface area (Å²) in [6.45, 7) is 2.76. The molecule has 0 atom stereocenters. The van der Waals surface area contributed by atoms with Crippen molar-refractivity contribution in [2.24, 2.45) is 5.90 Å². The van der Waals surface area contributed by atoms with Gasteiger partial charge in [0.05, 0.1) is 5.56 Å². The molecule has 0 aliphatic rings. The van der Waals surface area contributed by atoms with Crippen molar-refractivity contribution in [3.63, 3.8) is 0 Å². The van der Waals surface area contributed by atoms with Crippen molar-refractivity contribution in [2.75, 3.05) is 0 Å². The third kappa shape index (κ3) is 1.88. The van der Waals surface area contributed by atoms with Gasteiger partial charge in [0.1, 0.15) is 23.1 Å². The highest BCUT2D eigenvalue weighted by atomic mass is 19.1. The molecule has 0 aliphatic carbocycles. The molecule has 0 radical (unpaired) electrons. The summed E-state index contributed by atoms with van der Waals surface area (Å²) in [6.07, 6.45) is 0. The van der Waals surface area contributed by atoms with Crippen LogP contribution in [0.25, 0.3) is 0 Å². The Morgan fingerprint density at radius 2 is 1.57 bits per heavy atom. The average molecular weight is 205 g/mol. The summed E-state index contributed by atoms with van der Waals surface area (Å²) in [5, 5.41) is 0. The number of rotatable bonds is 2. The SMILES string of the molecule is CC(C)(ON)c1c(F)cc(F)cc1F. The highest BCUT2D eigenvalue weighted by molar-refractivity contribution is 5.25. The molecule has 0 saturated carbocycles. The molecule has 2 N–H and O–H groups in total. The molecule has 14 heavy (non-hydrogen) atoms. The van der Waals surface area contributed by atoms with E-state index < -0.39 is 23.1 Å². The smallest absolute Gasteiger partial charge is 0.135 e. The predicted molar refractivity (Wildman–Crippen MR) is 44.6 cm³/mol. The molecule has 0 saturated heterocycles. The summed E-state index contributed by atoms with van der Waals surface area (Å²) < 4.78 is 38.9. The maximum absolute atomic E-state index is 13.2. The largest absolute Gasteiger partial charge is 0.294 e. The van der Waals surface area contributed by atoms with Crippen LogP contribution in [0.4, 0.5) is 13.2 Å². The Balaban J connectivity index is 3.35. The molecule has 0 fully saturated rings. The molecule has 78 valence electrons. The Bertz CT molecular complexity index is 329. The maximum atomic E-state index is 13.2. The summed E-state index contributed by atoms with van der Waals surface area (Å²) in [5.74, 6) is 1.88. The normalized spacial score (nSPS) is 11.9. The lowest BCUT2D eigenvalue weighted by Gasteiger charge is -2.23. The number of benzene rings is 1. The lowest BCUT2D eigenvalue weighted by atomic mass is 9.97. The van der Waals surface area contributed by atoms with Crippen molar-refractivity contribution < 1.29 is 18.0 Å². The predicted octanol–water partition coefficient (Wildman–Crippen LogP) is 2.23. The van der Waals surface area contributed by atoms with Crippen LogP contribution in [0.15, 0.2) is 12.1 Å². The van der Waals surface area contributed by atoms with E-state index in [1.54, 1.807) is 0 Å². The molecule has 0 heterocycles. The van der Waals surface area contributed by atoms with Gasteiger partial charge < -0.3 is 0 Å². The fourth-order valence-corrected chi connectivity index (χ4v) is 1.18. The van der Waals surface area contributed by atoms with E-state index in [0.717, 1.165) is 0 Å². The molecule has 2 nitrogen and oxygen atoms in total. The molecule has 0 spiro atoms. The van der Waals surface area contributed by atoms with Crippen LogP contribution in [-0.4, -0.2) is 0 Å². The van der Waals surface area contributed by atoms with Gasteiger partial charge in [0, 0.05) is 12.1 Å². The van der Waals surface area contributed by atoms with Gasteiger partial charge in [-0.2, -0.15) is 0 Å². The van der Waals surface area contributed by atoms with E-state index in [-0.39, 0.29) is 5.56 Å². The van der Waals surface area contributed by atoms with E-state index in [1.165, 1.54) is 13.8 Å². The van der Waals surface area contributed by atoms with Crippen molar-refractivity contribution >= 4 is 0 Å². The molecule has 0 aromatic heterocycles. The van der Waals surface area contributed by atoms with Crippen molar-refractivity contribution in [2.45, 2.75) is 19.4 Å². The van der Waals surface area contributed by atoms with Gasteiger partial charge in [-0.15, -0.1) is 0 Å². The minimum atomic E-state index is -1.33. The summed E-state index contributed by atoms with van der Waals surface area (Å²) in [6, 6.07) is 1.17. The van der Waals surface area contributed by atoms with Gasteiger partial charge in [-0.05, 0) is 13.8 Å². The highest BCUT2D eigenvalue weighted by Crippen LogP contribution is 2.28. The minimum absolute atomic E-state index is 0.388. The first-order valence-corrected chi connectivity index (χ1v) is 3.91. The molecule has 1 aromatic rings. The summed E-state index contributed by atoms with van der Waals surface area (Å²) in [7, 11) is 0. The van der Waals surface area contributed by atoms with Gasteiger partial charge in [0.15, 0.2) is 0 Å². The fraction of sp³-hybridized carbons (Fsp3) is 0.333. The van der Waals surface area contributed by atoms with Crippen LogP contribution in [-0.2, 0) is 10.4 Å². The third-order valence-electron chi connectivity index (χ3n) is 1.90. The Hall–Kier alpha value is -1.07. The van der Waals surface area contributed by atoms with Crippen LogP contribution in [0.1, 0.15) is 19.4 Å². The third-order valence-corrected chi connectivity index (χ3v) is 1.90. The van der Waals surface area contributed by atoms with Gasteiger partial charge in [0.25, 0.3) is 0 Å². The first-order valence-electron chi connectivity index (χ1n) is 3.91. The topological polar surface area (TPSA) is 35.2 Å². The van der Waals surface area contributed by atoms with Crippen LogP contribution < -0.4 is 5.90 Å². The lowest BCUT2D eigenvalue weighted by Crippen LogP contribution is -2.28. The summed E-state index contributed by atoms with van der Waals surface area (Å²) in [4.78, 5) is 4.42. The second-order valence-corrected chi connectivity index (χ2v) is 3.37. The minimum Gasteiger partial charge on any atom is -0.294 e. The van der Waals surface area contributed by atoms with E-state index in [1.807, 2.05) is 0 Å². The molecule has 0 bridgehead atoms. The molecule has 0 amide bonds. The summed E-state index contributed by atoms with van der Waals surface area (Å²) >= 11 is 0. The maximum Gasteiger partial charge on any atom is 0.135 e. The van der Waals surface area contributed by atoms with Crippen LogP contribution >= 0.6 is 0 Å². The van der Waals surface area contributed by atoms with Gasteiger partial charge in [-0.25, -0.2) is 19.1 Å². The number of nitrogens with two attached hydrogens (primary N) is 1.